The zero-order valence-corrected chi connectivity index (χ0v) is 9.80. The Balaban J connectivity index is 2.89. The Kier molecular flexibility index (Phi) is 3.65. The summed E-state index contributed by atoms with van der Waals surface area (Å²) in [5.74, 6) is -0.681. The molecule has 3 nitrogen and oxygen atoms in total. The van der Waals surface area contributed by atoms with Crippen LogP contribution < -0.4 is 11.1 Å². The van der Waals surface area contributed by atoms with E-state index in [1.807, 2.05) is 6.92 Å². The summed E-state index contributed by atoms with van der Waals surface area (Å²) in [7, 11) is 0. The number of carbonyl (C=O) groups excluding carboxylic acids is 1. The minimum Gasteiger partial charge on any atom is -0.324 e. The van der Waals surface area contributed by atoms with Crippen LogP contribution in [0.3, 0.4) is 0 Å². The predicted octanol–water partition coefficient (Wildman–Crippen LogP) is 2.20. The minimum atomic E-state index is -0.932. The Bertz CT molecular complexity index is 402. The first-order valence-electron chi connectivity index (χ1n) is 5.23. The van der Waals surface area contributed by atoms with Gasteiger partial charge in [-0.2, -0.15) is 0 Å². The summed E-state index contributed by atoms with van der Waals surface area (Å²) in [5, 5.41) is 2.64. The van der Waals surface area contributed by atoms with Crippen molar-refractivity contribution < 1.29 is 9.18 Å². The van der Waals surface area contributed by atoms with Crippen LogP contribution >= 0.6 is 0 Å². The molecular weight excluding hydrogens is 207 g/mol. The molecule has 0 radical (unpaired) electrons. The van der Waals surface area contributed by atoms with Crippen LogP contribution in [-0.2, 0) is 4.79 Å². The number of nitrogens with one attached hydrogen (secondary N) is 1. The van der Waals surface area contributed by atoms with Gasteiger partial charge in [0.05, 0.1) is 5.54 Å². The van der Waals surface area contributed by atoms with E-state index in [0.717, 1.165) is 5.56 Å². The first kappa shape index (κ1) is 12.6. The fraction of sp³-hybridized carbons (Fsp3) is 0.417. The van der Waals surface area contributed by atoms with Crippen molar-refractivity contribution in [1.29, 1.82) is 0 Å². The summed E-state index contributed by atoms with van der Waals surface area (Å²) in [5.41, 5.74) is 6.13. The van der Waals surface area contributed by atoms with E-state index in [1.165, 1.54) is 12.1 Å². The summed E-state index contributed by atoms with van der Waals surface area (Å²) in [6.07, 6.45) is 0.521. The van der Waals surface area contributed by atoms with Crippen molar-refractivity contribution >= 4 is 11.6 Å². The molecule has 1 aromatic rings. The molecule has 1 unspecified atom stereocenters. The molecule has 1 atom stereocenters. The second-order valence-electron chi connectivity index (χ2n) is 4.18. The van der Waals surface area contributed by atoms with Gasteiger partial charge in [-0.1, -0.05) is 13.0 Å². The van der Waals surface area contributed by atoms with Gasteiger partial charge in [-0.05, 0) is 38.0 Å². The Morgan fingerprint density at radius 3 is 2.75 bits per heavy atom. The maximum Gasteiger partial charge on any atom is 0.244 e. The third-order valence-electron chi connectivity index (χ3n) is 2.70. The Hall–Kier alpha value is -1.42. The normalized spacial score (nSPS) is 14.3. The number of rotatable bonds is 3. The number of carbonyl (C=O) groups is 1. The molecule has 0 saturated heterocycles. The molecular formula is C12H17FN2O. The number of hydrogen-bond donors (Lipinski definition) is 2. The van der Waals surface area contributed by atoms with Crippen molar-refractivity contribution in [3.05, 3.63) is 29.6 Å². The van der Waals surface area contributed by atoms with Gasteiger partial charge in [0.1, 0.15) is 5.82 Å². The van der Waals surface area contributed by atoms with Gasteiger partial charge in [0, 0.05) is 5.69 Å². The number of nitrogens with two attached hydrogens (primary N) is 1. The molecule has 1 rings (SSSR count). The summed E-state index contributed by atoms with van der Waals surface area (Å²) in [6, 6.07) is 4.26. The van der Waals surface area contributed by atoms with Crippen molar-refractivity contribution in [3.8, 4) is 0 Å². The molecule has 0 aliphatic heterocycles. The number of benzene rings is 1. The molecule has 1 aromatic carbocycles. The maximum absolute atomic E-state index is 13.0. The van der Waals surface area contributed by atoms with E-state index in [9.17, 15) is 9.18 Å². The van der Waals surface area contributed by atoms with Crippen molar-refractivity contribution in [2.24, 2.45) is 5.73 Å². The van der Waals surface area contributed by atoms with Crippen LogP contribution in [0.25, 0.3) is 0 Å². The summed E-state index contributed by atoms with van der Waals surface area (Å²) < 4.78 is 13.0. The molecule has 3 N–H and O–H groups in total. The molecule has 4 heteroatoms. The average molecular weight is 224 g/mol. The number of hydrogen-bond acceptors (Lipinski definition) is 2. The first-order valence-corrected chi connectivity index (χ1v) is 5.23. The predicted molar refractivity (Wildman–Crippen MR) is 62.7 cm³/mol. The lowest BCUT2D eigenvalue weighted by Gasteiger charge is -2.22. The van der Waals surface area contributed by atoms with Crippen LogP contribution in [0, 0.1) is 12.7 Å². The van der Waals surface area contributed by atoms with Crippen LogP contribution in [0.2, 0.25) is 0 Å². The van der Waals surface area contributed by atoms with Crippen molar-refractivity contribution in [2.45, 2.75) is 32.7 Å². The number of amides is 1. The molecule has 16 heavy (non-hydrogen) atoms. The lowest BCUT2D eigenvalue weighted by Crippen LogP contribution is -2.47. The quantitative estimate of drug-likeness (QED) is 0.827. The van der Waals surface area contributed by atoms with Gasteiger partial charge >= 0.3 is 0 Å². The fourth-order valence-electron chi connectivity index (χ4n) is 1.15. The summed E-state index contributed by atoms with van der Waals surface area (Å²) >= 11 is 0. The van der Waals surface area contributed by atoms with Crippen molar-refractivity contribution in [1.82, 2.24) is 0 Å². The molecule has 0 aliphatic rings. The van der Waals surface area contributed by atoms with E-state index < -0.39 is 5.54 Å². The van der Waals surface area contributed by atoms with Gasteiger partial charge in [-0.25, -0.2) is 4.39 Å². The van der Waals surface area contributed by atoms with Gasteiger partial charge in [0.25, 0.3) is 0 Å². The van der Waals surface area contributed by atoms with E-state index in [2.05, 4.69) is 5.32 Å². The Morgan fingerprint density at radius 2 is 2.19 bits per heavy atom. The monoisotopic (exact) mass is 224 g/mol. The van der Waals surface area contributed by atoms with Gasteiger partial charge < -0.3 is 11.1 Å². The largest absolute Gasteiger partial charge is 0.324 e. The molecule has 0 heterocycles. The van der Waals surface area contributed by atoms with Crippen molar-refractivity contribution in [2.75, 3.05) is 5.32 Å². The smallest absolute Gasteiger partial charge is 0.244 e. The SMILES string of the molecule is CCC(C)(N)C(=O)Nc1cc(F)ccc1C. The summed E-state index contributed by atoms with van der Waals surface area (Å²) in [6.45, 7) is 5.28. The van der Waals surface area contributed by atoms with Gasteiger partial charge in [0.2, 0.25) is 5.91 Å². The third kappa shape index (κ3) is 2.79. The van der Waals surface area contributed by atoms with E-state index in [1.54, 1.807) is 19.9 Å². The van der Waals surface area contributed by atoms with E-state index in [4.69, 9.17) is 5.73 Å². The molecule has 0 aromatic heterocycles. The van der Waals surface area contributed by atoms with Gasteiger partial charge in [0.15, 0.2) is 0 Å². The minimum absolute atomic E-state index is 0.302. The Morgan fingerprint density at radius 1 is 1.56 bits per heavy atom. The fourth-order valence-corrected chi connectivity index (χ4v) is 1.15. The number of anilines is 1. The highest BCUT2D eigenvalue weighted by atomic mass is 19.1. The van der Waals surface area contributed by atoms with Crippen LogP contribution in [-0.4, -0.2) is 11.4 Å². The highest BCUT2D eigenvalue weighted by Gasteiger charge is 2.26. The first-order chi connectivity index (χ1) is 7.36. The van der Waals surface area contributed by atoms with Crippen molar-refractivity contribution in [3.63, 3.8) is 0 Å². The van der Waals surface area contributed by atoms with Crippen LogP contribution in [0.4, 0.5) is 10.1 Å². The molecule has 0 aliphatic carbocycles. The molecule has 0 bridgehead atoms. The second kappa shape index (κ2) is 4.61. The summed E-state index contributed by atoms with van der Waals surface area (Å²) in [4.78, 5) is 11.8. The van der Waals surface area contributed by atoms with Crippen LogP contribution in [0.5, 0.6) is 0 Å². The number of halogens is 1. The van der Waals surface area contributed by atoms with Gasteiger partial charge in [-0.3, -0.25) is 4.79 Å². The Labute approximate surface area is 94.8 Å². The molecule has 0 fully saturated rings. The third-order valence-corrected chi connectivity index (χ3v) is 2.70. The number of aryl methyl sites for hydroxylation is 1. The van der Waals surface area contributed by atoms with E-state index >= 15 is 0 Å². The standard InChI is InChI=1S/C12H17FN2O/c1-4-12(3,14)11(16)15-10-7-9(13)6-5-8(10)2/h5-7H,4,14H2,1-3H3,(H,15,16). The lowest BCUT2D eigenvalue weighted by atomic mass is 9.99. The van der Waals surface area contributed by atoms with Crippen LogP contribution in [0.1, 0.15) is 25.8 Å². The zero-order valence-electron chi connectivity index (χ0n) is 9.80. The topological polar surface area (TPSA) is 55.1 Å². The zero-order chi connectivity index (χ0) is 12.3. The molecule has 88 valence electrons. The van der Waals surface area contributed by atoms with Crippen LogP contribution in [0.15, 0.2) is 18.2 Å². The molecule has 0 spiro atoms. The maximum atomic E-state index is 13.0. The molecule has 1 amide bonds. The highest BCUT2D eigenvalue weighted by Crippen LogP contribution is 2.18. The van der Waals surface area contributed by atoms with Gasteiger partial charge in [-0.15, -0.1) is 0 Å². The molecule has 0 saturated carbocycles. The lowest BCUT2D eigenvalue weighted by molar-refractivity contribution is -0.120. The average Bonchev–Trinajstić information content (AvgIpc) is 2.23. The second-order valence-corrected chi connectivity index (χ2v) is 4.18. The van der Waals surface area contributed by atoms with E-state index in [-0.39, 0.29) is 11.7 Å². The van der Waals surface area contributed by atoms with E-state index in [0.29, 0.717) is 12.1 Å². The highest BCUT2D eigenvalue weighted by molar-refractivity contribution is 5.98.